The van der Waals surface area contributed by atoms with Crippen LogP contribution in [-0.4, -0.2) is 4.98 Å². The monoisotopic (exact) mass is 197 g/mol. The van der Waals surface area contributed by atoms with E-state index < -0.39 is 0 Å². The molecule has 0 saturated carbocycles. The highest BCUT2D eigenvalue weighted by atomic mass is 14.7. The molecule has 0 saturated heterocycles. The largest absolute Gasteiger partial charge is 0.248 e. The standard InChI is InChI=1S/C14H15N/c1-3-4-5-6-7-8-11-14-13(2)10-9-12-15-14/h1,9-10,12H,4-7H2,2H3. The van der Waals surface area contributed by atoms with Crippen molar-refractivity contribution in [1.82, 2.24) is 4.98 Å². The lowest BCUT2D eigenvalue weighted by atomic mass is 10.2. The Morgan fingerprint density at radius 1 is 1.33 bits per heavy atom. The molecule has 0 aliphatic rings. The van der Waals surface area contributed by atoms with Gasteiger partial charge in [-0.1, -0.05) is 12.0 Å². The summed E-state index contributed by atoms with van der Waals surface area (Å²) in [5.74, 6) is 8.82. The summed E-state index contributed by atoms with van der Waals surface area (Å²) in [4.78, 5) is 4.21. The highest BCUT2D eigenvalue weighted by Crippen LogP contribution is 2.01. The van der Waals surface area contributed by atoms with Gasteiger partial charge in [-0.2, -0.15) is 0 Å². The molecule has 0 N–H and O–H groups in total. The van der Waals surface area contributed by atoms with Crippen molar-refractivity contribution >= 4 is 0 Å². The lowest BCUT2D eigenvalue weighted by Gasteiger charge is -1.93. The predicted octanol–water partition coefficient (Wildman–Crippen LogP) is 2.94. The number of unbranched alkanes of at least 4 members (excludes halogenated alkanes) is 3. The fourth-order valence-electron chi connectivity index (χ4n) is 1.20. The number of aryl methyl sites for hydroxylation is 1. The Labute approximate surface area is 91.9 Å². The number of terminal acetylenes is 1. The average Bonchev–Trinajstić information content (AvgIpc) is 2.25. The number of nitrogens with zero attached hydrogens (tertiary/aromatic N) is 1. The van der Waals surface area contributed by atoms with Crippen LogP contribution < -0.4 is 0 Å². The van der Waals surface area contributed by atoms with Gasteiger partial charge in [-0.15, -0.1) is 12.3 Å². The van der Waals surface area contributed by atoms with E-state index in [1.165, 1.54) is 0 Å². The van der Waals surface area contributed by atoms with Crippen LogP contribution in [-0.2, 0) is 0 Å². The van der Waals surface area contributed by atoms with Gasteiger partial charge in [-0.05, 0) is 37.3 Å². The van der Waals surface area contributed by atoms with Crippen LogP contribution in [0.3, 0.4) is 0 Å². The fourth-order valence-corrected chi connectivity index (χ4v) is 1.20. The van der Waals surface area contributed by atoms with Gasteiger partial charge in [-0.25, -0.2) is 4.98 Å². The quantitative estimate of drug-likeness (QED) is 0.536. The van der Waals surface area contributed by atoms with Gasteiger partial charge < -0.3 is 0 Å². The van der Waals surface area contributed by atoms with Crippen molar-refractivity contribution in [2.75, 3.05) is 0 Å². The van der Waals surface area contributed by atoms with E-state index in [-0.39, 0.29) is 0 Å². The molecule has 1 nitrogen and oxygen atoms in total. The smallest absolute Gasteiger partial charge is 0.116 e. The normalized spacial score (nSPS) is 8.80. The van der Waals surface area contributed by atoms with E-state index in [1.807, 2.05) is 19.1 Å². The molecule has 0 bridgehead atoms. The van der Waals surface area contributed by atoms with Crippen LogP contribution in [0.1, 0.15) is 36.9 Å². The summed E-state index contributed by atoms with van der Waals surface area (Å²) in [6, 6.07) is 3.95. The maximum atomic E-state index is 5.16. The molecule has 1 aromatic heterocycles. The van der Waals surface area contributed by atoms with Crippen LogP contribution in [0.25, 0.3) is 0 Å². The molecular formula is C14H15N. The first kappa shape index (κ1) is 11.3. The summed E-state index contributed by atoms with van der Waals surface area (Å²) >= 11 is 0. The first-order valence-corrected chi connectivity index (χ1v) is 5.18. The zero-order valence-corrected chi connectivity index (χ0v) is 9.09. The van der Waals surface area contributed by atoms with E-state index in [1.54, 1.807) is 6.20 Å². The molecule has 0 aromatic carbocycles. The Kier molecular flexibility index (Phi) is 5.06. The second-order valence-corrected chi connectivity index (χ2v) is 3.38. The second-order valence-electron chi connectivity index (χ2n) is 3.38. The van der Waals surface area contributed by atoms with E-state index in [4.69, 9.17) is 6.42 Å². The highest BCUT2D eigenvalue weighted by Gasteiger charge is 1.91. The number of pyridine rings is 1. The molecule has 1 rings (SSSR count). The van der Waals surface area contributed by atoms with Crippen LogP contribution in [0.15, 0.2) is 18.3 Å². The second kappa shape index (κ2) is 6.68. The van der Waals surface area contributed by atoms with Gasteiger partial charge >= 0.3 is 0 Å². The summed E-state index contributed by atoms with van der Waals surface area (Å²) in [5, 5.41) is 0. The maximum absolute atomic E-state index is 5.16. The minimum atomic E-state index is 0.851. The average molecular weight is 197 g/mol. The van der Waals surface area contributed by atoms with Crippen molar-refractivity contribution in [2.45, 2.75) is 32.6 Å². The SMILES string of the molecule is C#CCCCCC#Cc1ncccc1C. The number of rotatable bonds is 3. The molecule has 0 amide bonds. The van der Waals surface area contributed by atoms with Crippen LogP contribution in [0.4, 0.5) is 0 Å². The van der Waals surface area contributed by atoms with E-state index >= 15 is 0 Å². The molecule has 0 fully saturated rings. The Morgan fingerprint density at radius 3 is 2.87 bits per heavy atom. The minimum Gasteiger partial charge on any atom is -0.248 e. The molecule has 1 heterocycles. The molecule has 76 valence electrons. The number of aromatic nitrogens is 1. The molecule has 15 heavy (non-hydrogen) atoms. The molecule has 0 radical (unpaired) electrons. The third-order valence-corrected chi connectivity index (χ3v) is 2.09. The fraction of sp³-hybridized carbons (Fsp3) is 0.357. The van der Waals surface area contributed by atoms with Crippen LogP contribution in [0, 0.1) is 31.1 Å². The first-order valence-electron chi connectivity index (χ1n) is 5.18. The Morgan fingerprint density at radius 2 is 2.13 bits per heavy atom. The molecule has 1 heteroatoms. The maximum Gasteiger partial charge on any atom is 0.116 e. The summed E-state index contributed by atoms with van der Waals surface area (Å²) in [5.41, 5.74) is 2.02. The first-order chi connectivity index (χ1) is 7.34. The molecule has 0 spiro atoms. The van der Waals surface area contributed by atoms with Gasteiger partial charge in [0.2, 0.25) is 0 Å². The van der Waals surface area contributed by atoms with Crippen molar-refractivity contribution < 1.29 is 0 Å². The Balaban J connectivity index is 2.39. The van der Waals surface area contributed by atoms with Crippen LogP contribution >= 0.6 is 0 Å². The summed E-state index contributed by atoms with van der Waals surface area (Å²) in [7, 11) is 0. The lowest BCUT2D eigenvalue weighted by molar-refractivity contribution is 0.783. The number of hydrogen-bond donors (Lipinski definition) is 0. The van der Waals surface area contributed by atoms with Gasteiger partial charge in [-0.3, -0.25) is 0 Å². The molecule has 0 aliphatic carbocycles. The van der Waals surface area contributed by atoms with Crippen LogP contribution in [0.5, 0.6) is 0 Å². The van der Waals surface area contributed by atoms with Gasteiger partial charge in [0.1, 0.15) is 5.69 Å². The summed E-state index contributed by atoms with van der Waals surface area (Å²) < 4.78 is 0. The lowest BCUT2D eigenvalue weighted by Crippen LogP contribution is -1.85. The predicted molar refractivity (Wildman–Crippen MR) is 63.2 cm³/mol. The summed E-state index contributed by atoms with van der Waals surface area (Å²) in [6.45, 7) is 2.02. The van der Waals surface area contributed by atoms with Crippen molar-refractivity contribution in [1.29, 1.82) is 0 Å². The van der Waals surface area contributed by atoms with Crippen LogP contribution in [0.2, 0.25) is 0 Å². The molecule has 0 unspecified atom stereocenters. The van der Waals surface area contributed by atoms with E-state index in [0.29, 0.717) is 0 Å². The van der Waals surface area contributed by atoms with Gasteiger partial charge in [0.15, 0.2) is 0 Å². The van der Waals surface area contributed by atoms with Crippen molar-refractivity contribution in [3.05, 3.63) is 29.6 Å². The third-order valence-electron chi connectivity index (χ3n) is 2.09. The zero-order chi connectivity index (χ0) is 10.9. The van der Waals surface area contributed by atoms with Gasteiger partial charge in [0.25, 0.3) is 0 Å². The Bertz CT molecular complexity index is 401. The molecular weight excluding hydrogens is 182 g/mol. The van der Waals surface area contributed by atoms with E-state index in [0.717, 1.165) is 36.9 Å². The number of hydrogen-bond acceptors (Lipinski definition) is 1. The minimum absolute atomic E-state index is 0.851. The molecule has 0 atom stereocenters. The third kappa shape index (κ3) is 4.34. The van der Waals surface area contributed by atoms with Crippen molar-refractivity contribution in [2.24, 2.45) is 0 Å². The zero-order valence-electron chi connectivity index (χ0n) is 9.09. The topological polar surface area (TPSA) is 12.9 Å². The van der Waals surface area contributed by atoms with Crippen molar-refractivity contribution in [3.8, 4) is 24.2 Å². The molecule has 0 aliphatic heterocycles. The van der Waals surface area contributed by atoms with E-state index in [2.05, 4.69) is 22.7 Å². The Hall–Kier alpha value is -1.73. The van der Waals surface area contributed by atoms with E-state index in [9.17, 15) is 0 Å². The highest BCUT2D eigenvalue weighted by molar-refractivity contribution is 5.33. The van der Waals surface area contributed by atoms with Gasteiger partial charge in [0.05, 0.1) is 0 Å². The van der Waals surface area contributed by atoms with Gasteiger partial charge in [0, 0.05) is 19.0 Å². The summed E-state index contributed by atoms with van der Waals surface area (Å²) in [6.07, 6.45) is 10.8. The van der Waals surface area contributed by atoms with Crippen molar-refractivity contribution in [3.63, 3.8) is 0 Å². The molecule has 1 aromatic rings.